The van der Waals surface area contributed by atoms with Gasteiger partial charge in [0.15, 0.2) is 5.69 Å². The average molecular weight is 336 g/mol. The molecule has 2 aromatic carbocycles. The maximum absolute atomic E-state index is 12.6. The molecule has 25 heavy (non-hydrogen) atoms. The topological polar surface area (TPSA) is 72.2 Å². The number of nitrogens with zero attached hydrogens (tertiary/aromatic N) is 2. The Bertz CT molecular complexity index is 996. The minimum absolute atomic E-state index is 0.0487. The number of aromatic nitrogens is 2. The van der Waals surface area contributed by atoms with Crippen LogP contribution in [0.3, 0.4) is 0 Å². The van der Waals surface area contributed by atoms with E-state index in [1.165, 1.54) is 10.2 Å². The van der Waals surface area contributed by atoms with E-state index in [0.717, 1.165) is 5.56 Å². The third kappa shape index (κ3) is 3.31. The molecule has 128 valence electrons. The third-order valence-electron chi connectivity index (χ3n) is 4.22. The Balaban J connectivity index is 2.06. The molecule has 0 bridgehead atoms. The van der Waals surface area contributed by atoms with E-state index >= 15 is 0 Å². The molecule has 0 spiro atoms. The van der Waals surface area contributed by atoms with Crippen LogP contribution in [-0.4, -0.2) is 20.9 Å². The van der Waals surface area contributed by atoms with Gasteiger partial charge in [0.25, 0.3) is 5.56 Å². The first-order valence-electron chi connectivity index (χ1n) is 8.10. The third-order valence-corrected chi connectivity index (χ3v) is 4.22. The molecule has 0 saturated heterocycles. The average Bonchev–Trinajstić information content (AvgIpc) is 2.57. The minimum atomic E-state index is -1.15. The summed E-state index contributed by atoms with van der Waals surface area (Å²) in [4.78, 5) is 24.1. The van der Waals surface area contributed by atoms with E-state index in [-0.39, 0.29) is 23.2 Å². The van der Waals surface area contributed by atoms with Crippen molar-refractivity contribution in [1.82, 2.24) is 9.78 Å². The molecule has 1 aromatic heterocycles. The van der Waals surface area contributed by atoms with E-state index in [2.05, 4.69) is 25.9 Å². The number of benzene rings is 2. The number of hydrogen-bond donors (Lipinski definition) is 1. The summed E-state index contributed by atoms with van der Waals surface area (Å²) in [5.41, 5.74) is 1.74. The fourth-order valence-corrected chi connectivity index (χ4v) is 2.78. The van der Waals surface area contributed by atoms with Crippen LogP contribution in [0.15, 0.2) is 53.3 Å². The zero-order valence-corrected chi connectivity index (χ0v) is 14.5. The van der Waals surface area contributed by atoms with Crippen molar-refractivity contribution < 1.29 is 9.90 Å². The Kier molecular flexibility index (Phi) is 4.17. The second-order valence-electron chi connectivity index (χ2n) is 7.11. The maximum atomic E-state index is 12.6. The largest absolute Gasteiger partial charge is 0.476 e. The molecule has 0 fully saturated rings. The first kappa shape index (κ1) is 16.9. The summed E-state index contributed by atoms with van der Waals surface area (Å²) in [6.45, 7) is 6.64. The molecule has 0 amide bonds. The van der Waals surface area contributed by atoms with E-state index in [0.29, 0.717) is 10.8 Å². The van der Waals surface area contributed by atoms with Crippen LogP contribution >= 0.6 is 0 Å². The molecule has 0 radical (unpaired) electrons. The standard InChI is InChI=1S/C20H20N2O3/c1-20(2,3)14-10-8-13(9-11-14)12-22-18(23)16-7-5-4-6-15(16)17(21-22)19(24)25/h4-11H,12H2,1-3H3,(H,24,25). The molecule has 0 atom stereocenters. The van der Waals surface area contributed by atoms with Gasteiger partial charge in [-0.2, -0.15) is 5.10 Å². The fraction of sp³-hybridized carbons (Fsp3) is 0.250. The lowest BCUT2D eigenvalue weighted by atomic mass is 9.87. The normalized spacial score (nSPS) is 11.6. The maximum Gasteiger partial charge on any atom is 0.357 e. The van der Waals surface area contributed by atoms with Gasteiger partial charge in [0.2, 0.25) is 0 Å². The lowest BCUT2D eigenvalue weighted by Crippen LogP contribution is -2.26. The van der Waals surface area contributed by atoms with Crippen molar-refractivity contribution in [1.29, 1.82) is 0 Å². The zero-order valence-electron chi connectivity index (χ0n) is 14.5. The predicted octanol–water partition coefficient (Wildman–Crippen LogP) is 3.44. The van der Waals surface area contributed by atoms with Crippen molar-refractivity contribution in [3.63, 3.8) is 0 Å². The summed E-state index contributed by atoms with van der Waals surface area (Å²) in [6, 6.07) is 14.6. The monoisotopic (exact) mass is 336 g/mol. The summed E-state index contributed by atoms with van der Waals surface area (Å²) < 4.78 is 1.22. The van der Waals surface area contributed by atoms with Crippen molar-refractivity contribution in [3.8, 4) is 0 Å². The quantitative estimate of drug-likeness (QED) is 0.795. The van der Waals surface area contributed by atoms with Gasteiger partial charge in [-0.15, -0.1) is 0 Å². The molecule has 5 heteroatoms. The second-order valence-corrected chi connectivity index (χ2v) is 7.11. The van der Waals surface area contributed by atoms with Gasteiger partial charge in [-0.1, -0.05) is 63.2 Å². The molecule has 0 unspecified atom stereocenters. The number of carbonyl (C=O) groups is 1. The molecular formula is C20H20N2O3. The fourth-order valence-electron chi connectivity index (χ4n) is 2.78. The molecule has 1 heterocycles. The SMILES string of the molecule is CC(C)(C)c1ccc(Cn2nc(C(=O)O)c3ccccc3c2=O)cc1. The molecule has 0 saturated carbocycles. The molecule has 5 nitrogen and oxygen atoms in total. The van der Waals surface area contributed by atoms with Crippen molar-refractivity contribution in [2.24, 2.45) is 0 Å². The van der Waals surface area contributed by atoms with Gasteiger partial charge in [0, 0.05) is 5.39 Å². The van der Waals surface area contributed by atoms with Gasteiger partial charge in [0.1, 0.15) is 0 Å². The van der Waals surface area contributed by atoms with Crippen LogP contribution in [0.2, 0.25) is 0 Å². The van der Waals surface area contributed by atoms with E-state index in [1.54, 1.807) is 24.3 Å². The summed E-state index contributed by atoms with van der Waals surface area (Å²) in [5.74, 6) is -1.15. The summed E-state index contributed by atoms with van der Waals surface area (Å²) in [5, 5.41) is 14.2. The minimum Gasteiger partial charge on any atom is -0.476 e. The molecule has 3 aromatic rings. The predicted molar refractivity (Wildman–Crippen MR) is 97.2 cm³/mol. The first-order valence-corrected chi connectivity index (χ1v) is 8.10. The second kappa shape index (κ2) is 6.16. The van der Waals surface area contributed by atoms with Crippen molar-refractivity contribution >= 4 is 16.7 Å². The molecule has 0 aliphatic rings. The van der Waals surface area contributed by atoms with Crippen LogP contribution in [0.1, 0.15) is 42.4 Å². The smallest absolute Gasteiger partial charge is 0.357 e. The summed E-state index contributed by atoms with van der Waals surface area (Å²) in [7, 11) is 0. The zero-order chi connectivity index (χ0) is 18.2. The van der Waals surface area contributed by atoms with Gasteiger partial charge in [-0.05, 0) is 22.6 Å². The highest BCUT2D eigenvalue weighted by Crippen LogP contribution is 2.22. The van der Waals surface area contributed by atoms with Crippen molar-refractivity contribution in [2.45, 2.75) is 32.7 Å². The summed E-state index contributed by atoms with van der Waals surface area (Å²) >= 11 is 0. The molecule has 0 aliphatic heterocycles. The number of carboxylic acid groups (broad SMARTS) is 1. The summed E-state index contributed by atoms with van der Waals surface area (Å²) in [6.07, 6.45) is 0. The highest BCUT2D eigenvalue weighted by atomic mass is 16.4. The van der Waals surface area contributed by atoms with Crippen LogP contribution in [0, 0.1) is 0 Å². The number of hydrogen-bond acceptors (Lipinski definition) is 3. The van der Waals surface area contributed by atoms with E-state index < -0.39 is 5.97 Å². The Labute approximate surface area is 145 Å². The van der Waals surface area contributed by atoms with Crippen LogP contribution < -0.4 is 5.56 Å². The lowest BCUT2D eigenvalue weighted by Gasteiger charge is -2.19. The van der Waals surface area contributed by atoms with Crippen LogP contribution in [0.25, 0.3) is 10.8 Å². The first-order chi connectivity index (χ1) is 11.8. The number of fused-ring (bicyclic) bond motifs is 1. The van der Waals surface area contributed by atoms with Gasteiger partial charge < -0.3 is 5.11 Å². The number of carboxylic acids is 1. The van der Waals surface area contributed by atoms with Crippen molar-refractivity contribution in [3.05, 3.63) is 75.7 Å². The molecular weight excluding hydrogens is 316 g/mol. The van der Waals surface area contributed by atoms with Gasteiger partial charge >= 0.3 is 5.97 Å². The Hall–Kier alpha value is -2.95. The molecule has 0 aliphatic carbocycles. The lowest BCUT2D eigenvalue weighted by molar-refractivity contribution is 0.0690. The van der Waals surface area contributed by atoms with Gasteiger partial charge in [-0.25, -0.2) is 9.48 Å². The molecule has 3 rings (SSSR count). The Morgan fingerprint density at radius 3 is 2.20 bits per heavy atom. The van der Waals surface area contributed by atoms with E-state index in [1.807, 2.05) is 24.3 Å². The van der Waals surface area contributed by atoms with Gasteiger partial charge in [-0.3, -0.25) is 4.79 Å². The van der Waals surface area contributed by atoms with Crippen LogP contribution in [-0.2, 0) is 12.0 Å². The number of rotatable bonds is 3. The van der Waals surface area contributed by atoms with Crippen molar-refractivity contribution in [2.75, 3.05) is 0 Å². The molecule has 1 N–H and O–H groups in total. The highest BCUT2D eigenvalue weighted by Gasteiger charge is 2.16. The van der Waals surface area contributed by atoms with Crippen LogP contribution in [0.5, 0.6) is 0 Å². The number of aromatic carboxylic acids is 1. The Morgan fingerprint density at radius 1 is 1.04 bits per heavy atom. The Morgan fingerprint density at radius 2 is 1.64 bits per heavy atom. The van der Waals surface area contributed by atoms with E-state index in [4.69, 9.17) is 0 Å². The van der Waals surface area contributed by atoms with Crippen LogP contribution in [0.4, 0.5) is 0 Å². The van der Waals surface area contributed by atoms with E-state index in [9.17, 15) is 14.7 Å². The highest BCUT2D eigenvalue weighted by molar-refractivity contribution is 6.01. The van der Waals surface area contributed by atoms with Gasteiger partial charge in [0.05, 0.1) is 11.9 Å².